The number of amides is 1. The van der Waals surface area contributed by atoms with E-state index < -0.39 is 10.0 Å². The fourth-order valence-corrected chi connectivity index (χ4v) is 2.62. The maximum absolute atomic E-state index is 12.3. The van der Waals surface area contributed by atoms with Crippen molar-refractivity contribution >= 4 is 28.3 Å². The Hall–Kier alpha value is -1.15. The zero-order valence-electron chi connectivity index (χ0n) is 13.3. The van der Waals surface area contributed by atoms with E-state index >= 15 is 0 Å². The van der Waals surface area contributed by atoms with Crippen molar-refractivity contribution in [2.45, 2.75) is 18.7 Å². The number of sulfonamides is 1. The number of carbonyl (C=O) groups is 1. The number of carbonyl (C=O) groups excluding carboxylic acids is 1. The minimum atomic E-state index is -3.49. The average Bonchev–Trinajstić information content (AvgIpc) is 2.46. The molecule has 0 fully saturated rings. The summed E-state index contributed by atoms with van der Waals surface area (Å²) in [5, 5.41) is 0. The molecule has 0 aliphatic heterocycles. The first kappa shape index (κ1) is 20.9. The maximum Gasteiger partial charge on any atom is 0.253 e. The van der Waals surface area contributed by atoms with Gasteiger partial charge in [-0.1, -0.05) is 13.8 Å². The predicted molar refractivity (Wildman–Crippen MR) is 89.7 cm³/mol. The topological polar surface area (TPSA) is 92.5 Å². The molecule has 0 aromatic heterocycles. The Morgan fingerprint density at radius 1 is 1.27 bits per heavy atom. The monoisotopic (exact) mass is 349 g/mol. The summed E-state index contributed by atoms with van der Waals surface area (Å²) >= 11 is 0. The molecule has 126 valence electrons. The lowest BCUT2D eigenvalue weighted by molar-refractivity contribution is 0.0740. The number of halogens is 1. The van der Waals surface area contributed by atoms with Gasteiger partial charge in [0.05, 0.1) is 4.90 Å². The fourth-order valence-electron chi connectivity index (χ4n) is 1.89. The van der Waals surface area contributed by atoms with Gasteiger partial charge in [-0.05, 0) is 43.3 Å². The number of rotatable bonds is 6. The minimum absolute atomic E-state index is 0. The quantitative estimate of drug-likeness (QED) is 0.803. The van der Waals surface area contributed by atoms with Gasteiger partial charge in [-0.3, -0.25) is 4.79 Å². The van der Waals surface area contributed by atoms with Crippen LogP contribution in [0.15, 0.2) is 29.2 Å². The summed E-state index contributed by atoms with van der Waals surface area (Å²) in [6, 6.07) is 5.86. The summed E-state index contributed by atoms with van der Waals surface area (Å²) < 4.78 is 25.5. The highest BCUT2D eigenvalue weighted by Gasteiger charge is 2.22. The van der Waals surface area contributed by atoms with E-state index in [1.165, 1.54) is 31.3 Å². The summed E-state index contributed by atoms with van der Waals surface area (Å²) in [7, 11) is -0.434. The van der Waals surface area contributed by atoms with Crippen LogP contribution < -0.4 is 10.5 Å². The summed E-state index contributed by atoms with van der Waals surface area (Å²) in [5.74, 6) is -0.162. The molecule has 1 aromatic carbocycles. The zero-order chi connectivity index (χ0) is 16.3. The third kappa shape index (κ3) is 5.24. The van der Waals surface area contributed by atoms with E-state index in [0.717, 1.165) is 0 Å². The third-order valence-electron chi connectivity index (χ3n) is 3.24. The molecule has 0 aliphatic carbocycles. The molecule has 0 atom stereocenters. The van der Waals surface area contributed by atoms with Crippen LogP contribution in [0.5, 0.6) is 0 Å². The summed E-state index contributed by atoms with van der Waals surface area (Å²) in [6.07, 6.45) is 0. The first-order valence-corrected chi connectivity index (χ1v) is 8.10. The third-order valence-corrected chi connectivity index (χ3v) is 4.68. The van der Waals surface area contributed by atoms with Crippen molar-refractivity contribution in [3.05, 3.63) is 29.8 Å². The van der Waals surface area contributed by atoms with Crippen LogP contribution >= 0.6 is 12.4 Å². The Morgan fingerprint density at radius 3 is 2.18 bits per heavy atom. The van der Waals surface area contributed by atoms with E-state index in [1.54, 1.807) is 11.9 Å². The standard InChI is InChI=1S/C14H23N3O3S.ClH/c1-14(2,9-15)10-17(4)13(18)11-5-7-12(8-6-11)21(19,20)16-3;/h5-8,16H,9-10,15H2,1-4H3;1H. The highest BCUT2D eigenvalue weighted by atomic mass is 35.5. The van der Waals surface area contributed by atoms with Gasteiger partial charge in [0.15, 0.2) is 0 Å². The molecular weight excluding hydrogens is 326 g/mol. The van der Waals surface area contributed by atoms with Gasteiger partial charge in [0.2, 0.25) is 10.0 Å². The van der Waals surface area contributed by atoms with Crippen LogP contribution in [-0.2, 0) is 10.0 Å². The Bertz CT molecular complexity index is 600. The molecule has 8 heteroatoms. The molecule has 0 bridgehead atoms. The van der Waals surface area contributed by atoms with Crippen LogP contribution in [0.1, 0.15) is 24.2 Å². The van der Waals surface area contributed by atoms with Crippen molar-refractivity contribution < 1.29 is 13.2 Å². The van der Waals surface area contributed by atoms with Gasteiger partial charge >= 0.3 is 0 Å². The van der Waals surface area contributed by atoms with Gasteiger partial charge in [0.1, 0.15) is 0 Å². The lowest BCUT2D eigenvalue weighted by Crippen LogP contribution is -2.39. The van der Waals surface area contributed by atoms with Crippen molar-refractivity contribution in [3.8, 4) is 0 Å². The van der Waals surface area contributed by atoms with Crippen LogP contribution in [-0.4, -0.2) is 46.4 Å². The Labute approximate surface area is 138 Å². The largest absolute Gasteiger partial charge is 0.341 e. The van der Waals surface area contributed by atoms with E-state index in [1.807, 2.05) is 13.8 Å². The molecule has 0 unspecified atom stereocenters. The van der Waals surface area contributed by atoms with Crippen molar-refractivity contribution in [1.29, 1.82) is 0 Å². The second-order valence-electron chi connectivity index (χ2n) is 5.76. The van der Waals surface area contributed by atoms with Crippen LogP contribution in [0.2, 0.25) is 0 Å². The average molecular weight is 350 g/mol. The van der Waals surface area contributed by atoms with Gasteiger partial charge in [-0.15, -0.1) is 12.4 Å². The molecule has 0 aliphatic rings. The molecule has 1 rings (SSSR count). The lowest BCUT2D eigenvalue weighted by Gasteiger charge is -2.29. The van der Waals surface area contributed by atoms with Crippen LogP contribution in [0.25, 0.3) is 0 Å². The SMILES string of the molecule is CNS(=O)(=O)c1ccc(C(=O)N(C)CC(C)(C)CN)cc1.Cl. The van der Waals surface area contributed by atoms with E-state index in [4.69, 9.17) is 5.73 Å². The van der Waals surface area contributed by atoms with Crippen molar-refractivity contribution in [1.82, 2.24) is 9.62 Å². The summed E-state index contributed by atoms with van der Waals surface area (Å²) in [6.45, 7) is 4.97. The molecule has 22 heavy (non-hydrogen) atoms. The molecule has 0 saturated carbocycles. The summed E-state index contributed by atoms with van der Waals surface area (Å²) in [5.41, 5.74) is 5.94. The second-order valence-corrected chi connectivity index (χ2v) is 7.65. The first-order chi connectivity index (χ1) is 9.63. The van der Waals surface area contributed by atoms with Crippen molar-refractivity contribution in [3.63, 3.8) is 0 Å². The molecule has 0 heterocycles. The van der Waals surface area contributed by atoms with Gasteiger partial charge in [0, 0.05) is 19.2 Å². The Balaban J connectivity index is 0.00000441. The van der Waals surface area contributed by atoms with E-state index in [-0.39, 0.29) is 28.6 Å². The number of hydrogen-bond acceptors (Lipinski definition) is 4. The number of nitrogens with zero attached hydrogens (tertiary/aromatic N) is 1. The number of nitrogens with one attached hydrogen (secondary N) is 1. The van der Waals surface area contributed by atoms with Crippen molar-refractivity contribution in [2.24, 2.45) is 11.1 Å². The Morgan fingerprint density at radius 2 is 1.77 bits per heavy atom. The normalized spacial score (nSPS) is 11.7. The van der Waals surface area contributed by atoms with E-state index in [0.29, 0.717) is 18.7 Å². The first-order valence-electron chi connectivity index (χ1n) is 6.62. The van der Waals surface area contributed by atoms with E-state index in [2.05, 4.69) is 4.72 Å². The molecular formula is C14H24ClN3O3S. The Kier molecular flexibility index (Phi) is 7.50. The van der Waals surface area contributed by atoms with Crippen LogP contribution in [0.3, 0.4) is 0 Å². The molecule has 3 N–H and O–H groups in total. The molecule has 1 amide bonds. The lowest BCUT2D eigenvalue weighted by atomic mass is 9.93. The minimum Gasteiger partial charge on any atom is -0.341 e. The van der Waals surface area contributed by atoms with Gasteiger partial charge in [-0.2, -0.15) is 0 Å². The van der Waals surface area contributed by atoms with Gasteiger partial charge in [-0.25, -0.2) is 13.1 Å². The fraction of sp³-hybridized carbons (Fsp3) is 0.500. The van der Waals surface area contributed by atoms with Crippen LogP contribution in [0, 0.1) is 5.41 Å². The number of hydrogen-bond donors (Lipinski definition) is 2. The van der Waals surface area contributed by atoms with Crippen molar-refractivity contribution in [2.75, 3.05) is 27.2 Å². The highest BCUT2D eigenvalue weighted by Crippen LogP contribution is 2.16. The van der Waals surface area contributed by atoms with Gasteiger partial charge in [0.25, 0.3) is 5.91 Å². The molecule has 0 radical (unpaired) electrons. The smallest absolute Gasteiger partial charge is 0.253 e. The number of nitrogens with two attached hydrogens (primary N) is 1. The molecule has 1 aromatic rings. The molecule has 6 nitrogen and oxygen atoms in total. The van der Waals surface area contributed by atoms with Gasteiger partial charge < -0.3 is 10.6 Å². The van der Waals surface area contributed by atoms with Crippen LogP contribution in [0.4, 0.5) is 0 Å². The molecule has 0 saturated heterocycles. The predicted octanol–water partition coefficient (Wildman–Crippen LogP) is 1.07. The zero-order valence-corrected chi connectivity index (χ0v) is 14.9. The molecule has 0 spiro atoms. The second kappa shape index (κ2) is 7.92. The maximum atomic E-state index is 12.3. The summed E-state index contributed by atoms with van der Waals surface area (Å²) in [4.78, 5) is 14.0. The number of benzene rings is 1. The van der Waals surface area contributed by atoms with E-state index in [9.17, 15) is 13.2 Å². The highest BCUT2D eigenvalue weighted by molar-refractivity contribution is 7.89.